The topological polar surface area (TPSA) is 47.0 Å². The first-order valence-corrected chi connectivity index (χ1v) is 7.01. The Hall–Kier alpha value is -1.78. The molecule has 0 saturated carbocycles. The molecule has 0 atom stereocenters. The van der Waals surface area contributed by atoms with Crippen LogP contribution in [-0.4, -0.2) is 23.1 Å². The fraction of sp³-hybridized carbons (Fsp3) is 0.375. The van der Waals surface area contributed by atoms with Gasteiger partial charge in [-0.2, -0.15) is 0 Å². The van der Waals surface area contributed by atoms with Gasteiger partial charge in [0, 0.05) is 24.9 Å². The summed E-state index contributed by atoms with van der Waals surface area (Å²) in [5.74, 6) is 0. The lowest BCUT2D eigenvalue weighted by Gasteiger charge is -2.06. The van der Waals surface area contributed by atoms with Crippen molar-refractivity contribution in [3.05, 3.63) is 59.7 Å². The Morgan fingerprint density at radius 2 is 1.90 bits per heavy atom. The molecule has 106 valence electrons. The van der Waals surface area contributed by atoms with Crippen molar-refractivity contribution < 1.29 is 4.74 Å². The molecular formula is C16H21N3O. The molecule has 2 aromatic heterocycles. The Kier molecular flexibility index (Phi) is 6.14. The van der Waals surface area contributed by atoms with Crippen LogP contribution in [0.25, 0.3) is 0 Å². The van der Waals surface area contributed by atoms with Gasteiger partial charge in [0.05, 0.1) is 24.6 Å². The molecule has 0 fully saturated rings. The average molecular weight is 271 g/mol. The number of nitrogens with zero attached hydrogens (tertiary/aromatic N) is 2. The van der Waals surface area contributed by atoms with Gasteiger partial charge in [0.1, 0.15) is 0 Å². The highest BCUT2D eigenvalue weighted by Crippen LogP contribution is 2.02. The monoisotopic (exact) mass is 271 g/mol. The second-order valence-electron chi connectivity index (χ2n) is 4.52. The highest BCUT2D eigenvalue weighted by atomic mass is 16.5. The van der Waals surface area contributed by atoms with Crippen LogP contribution in [0.1, 0.15) is 24.0 Å². The Morgan fingerprint density at radius 1 is 1.05 bits per heavy atom. The van der Waals surface area contributed by atoms with E-state index in [1.807, 2.05) is 36.4 Å². The van der Waals surface area contributed by atoms with Crippen molar-refractivity contribution >= 4 is 0 Å². The minimum atomic E-state index is 0.548. The molecule has 4 heteroatoms. The number of pyridine rings is 2. The predicted octanol–water partition coefficient (Wildman–Crippen LogP) is 2.35. The van der Waals surface area contributed by atoms with Gasteiger partial charge in [-0.3, -0.25) is 9.97 Å². The fourth-order valence-corrected chi connectivity index (χ4v) is 1.86. The van der Waals surface area contributed by atoms with Crippen LogP contribution in [0.3, 0.4) is 0 Å². The maximum Gasteiger partial charge on any atom is 0.0888 e. The lowest BCUT2D eigenvalue weighted by molar-refractivity contribution is 0.120. The molecule has 2 heterocycles. The van der Waals surface area contributed by atoms with Gasteiger partial charge in [-0.05, 0) is 30.8 Å². The van der Waals surface area contributed by atoms with E-state index in [1.54, 1.807) is 6.20 Å². The molecule has 0 aromatic carbocycles. The molecule has 0 aliphatic heterocycles. The van der Waals surface area contributed by atoms with Crippen molar-refractivity contribution in [1.29, 1.82) is 0 Å². The zero-order valence-electron chi connectivity index (χ0n) is 11.9. The molecule has 0 radical (unpaired) electrons. The second-order valence-corrected chi connectivity index (χ2v) is 4.52. The first kappa shape index (κ1) is 14.6. The SMILES string of the molecule is CCNCc1cccc(COCCc2ccccn2)n1. The Balaban J connectivity index is 1.73. The summed E-state index contributed by atoms with van der Waals surface area (Å²) >= 11 is 0. The van der Waals surface area contributed by atoms with Crippen molar-refractivity contribution in [1.82, 2.24) is 15.3 Å². The van der Waals surface area contributed by atoms with E-state index in [4.69, 9.17) is 4.74 Å². The van der Waals surface area contributed by atoms with Crippen LogP contribution in [0.4, 0.5) is 0 Å². The standard InChI is InChI=1S/C16H21N3O/c1-2-17-12-15-7-5-8-16(19-15)13-20-11-9-14-6-3-4-10-18-14/h3-8,10,17H,2,9,11-13H2,1H3. The summed E-state index contributed by atoms with van der Waals surface area (Å²) in [6.07, 6.45) is 2.64. The number of hydrogen-bond donors (Lipinski definition) is 1. The zero-order chi connectivity index (χ0) is 14.0. The van der Waals surface area contributed by atoms with Gasteiger partial charge in [0.25, 0.3) is 0 Å². The van der Waals surface area contributed by atoms with Crippen molar-refractivity contribution in [2.75, 3.05) is 13.2 Å². The van der Waals surface area contributed by atoms with Gasteiger partial charge >= 0.3 is 0 Å². The predicted molar refractivity (Wildman–Crippen MR) is 79.2 cm³/mol. The molecule has 2 rings (SSSR count). The fourth-order valence-electron chi connectivity index (χ4n) is 1.86. The molecule has 0 bridgehead atoms. The Labute approximate surface area is 120 Å². The third-order valence-electron chi connectivity index (χ3n) is 2.90. The number of nitrogens with one attached hydrogen (secondary N) is 1. The lowest BCUT2D eigenvalue weighted by Crippen LogP contribution is -2.13. The van der Waals surface area contributed by atoms with Gasteiger partial charge in [-0.25, -0.2) is 0 Å². The van der Waals surface area contributed by atoms with Gasteiger partial charge < -0.3 is 10.1 Å². The van der Waals surface area contributed by atoms with Crippen LogP contribution in [0.15, 0.2) is 42.6 Å². The summed E-state index contributed by atoms with van der Waals surface area (Å²) in [6, 6.07) is 12.0. The van der Waals surface area contributed by atoms with E-state index in [1.165, 1.54) is 0 Å². The van der Waals surface area contributed by atoms with E-state index in [0.717, 1.165) is 36.6 Å². The molecule has 1 N–H and O–H groups in total. The van der Waals surface area contributed by atoms with Gasteiger partial charge in [0.2, 0.25) is 0 Å². The van der Waals surface area contributed by atoms with Crippen LogP contribution in [-0.2, 0) is 24.3 Å². The highest BCUT2D eigenvalue weighted by Gasteiger charge is 1.99. The van der Waals surface area contributed by atoms with E-state index in [9.17, 15) is 0 Å². The van der Waals surface area contributed by atoms with E-state index in [-0.39, 0.29) is 0 Å². The third-order valence-corrected chi connectivity index (χ3v) is 2.90. The quantitative estimate of drug-likeness (QED) is 0.749. The highest BCUT2D eigenvalue weighted by molar-refractivity contribution is 5.10. The molecule has 0 spiro atoms. The Morgan fingerprint density at radius 3 is 2.70 bits per heavy atom. The third kappa shape index (κ3) is 5.07. The number of rotatable bonds is 8. The van der Waals surface area contributed by atoms with Crippen LogP contribution in [0, 0.1) is 0 Å². The molecular weight excluding hydrogens is 250 g/mol. The summed E-state index contributed by atoms with van der Waals surface area (Å²) in [4.78, 5) is 8.82. The maximum atomic E-state index is 5.66. The van der Waals surface area contributed by atoms with Crippen LogP contribution in [0.5, 0.6) is 0 Å². The summed E-state index contributed by atoms with van der Waals surface area (Å²) in [6.45, 7) is 5.05. The molecule has 0 amide bonds. The zero-order valence-corrected chi connectivity index (χ0v) is 11.9. The smallest absolute Gasteiger partial charge is 0.0888 e. The Bertz CT molecular complexity index is 502. The minimum absolute atomic E-state index is 0.548. The molecule has 2 aromatic rings. The van der Waals surface area contributed by atoms with E-state index in [0.29, 0.717) is 13.2 Å². The minimum Gasteiger partial charge on any atom is -0.375 e. The summed E-state index contributed by atoms with van der Waals surface area (Å²) in [5.41, 5.74) is 3.08. The molecule has 4 nitrogen and oxygen atoms in total. The van der Waals surface area contributed by atoms with Gasteiger partial charge in [-0.15, -0.1) is 0 Å². The van der Waals surface area contributed by atoms with Crippen molar-refractivity contribution in [3.8, 4) is 0 Å². The van der Waals surface area contributed by atoms with E-state index >= 15 is 0 Å². The maximum absolute atomic E-state index is 5.66. The van der Waals surface area contributed by atoms with Crippen LogP contribution >= 0.6 is 0 Å². The molecule has 20 heavy (non-hydrogen) atoms. The number of aromatic nitrogens is 2. The largest absolute Gasteiger partial charge is 0.375 e. The normalized spacial score (nSPS) is 10.7. The van der Waals surface area contributed by atoms with Gasteiger partial charge in [-0.1, -0.05) is 19.1 Å². The lowest BCUT2D eigenvalue weighted by atomic mass is 10.3. The summed E-state index contributed by atoms with van der Waals surface area (Å²) in [7, 11) is 0. The van der Waals surface area contributed by atoms with Crippen LogP contribution in [0.2, 0.25) is 0 Å². The van der Waals surface area contributed by atoms with Crippen molar-refractivity contribution in [2.45, 2.75) is 26.5 Å². The first-order chi connectivity index (χ1) is 9.88. The second kappa shape index (κ2) is 8.40. The van der Waals surface area contributed by atoms with E-state index < -0.39 is 0 Å². The van der Waals surface area contributed by atoms with Crippen LogP contribution < -0.4 is 5.32 Å². The average Bonchev–Trinajstić information content (AvgIpc) is 2.51. The van der Waals surface area contributed by atoms with E-state index in [2.05, 4.69) is 22.2 Å². The van der Waals surface area contributed by atoms with Crippen molar-refractivity contribution in [3.63, 3.8) is 0 Å². The number of hydrogen-bond acceptors (Lipinski definition) is 4. The molecule has 0 unspecified atom stereocenters. The molecule has 0 saturated heterocycles. The summed E-state index contributed by atoms with van der Waals surface area (Å²) < 4.78 is 5.66. The first-order valence-electron chi connectivity index (χ1n) is 7.01. The van der Waals surface area contributed by atoms with Crippen molar-refractivity contribution in [2.24, 2.45) is 0 Å². The summed E-state index contributed by atoms with van der Waals surface area (Å²) in [5, 5.41) is 3.27. The number of ether oxygens (including phenoxy) is 1. The van der Waals surface area contributed by atoms with Gasteiger partial charge in [0.15, 0.2) is 0 Å². The molecule has 0 aliphatic rings. The molecule has 0 aliphatic carbocycles.